The summed E-state index contributed by atoms with van der Waals surface area (Å²) >= 11 is 12.1. The number of nitrogens with zero attached hydrogens (tertiary/aromatic N) is 3. The molecule has 1 N–H and O–H groups in total. The molecular formula is C20H24Br2ClN3O2. The molecule has 0 saturated heterocycles. The molecule has 0 heterocycles. The van der Waals surface area contributed by atoms with Crippen molar-refractivity contribution in [3.63, 3.8) is 0 Å². The quantitative estimate of drug-likeness (QED) is 0.156. The molecule has 1 atom stereocenters. The zero-order chi connectivity index (χ0) is 21.4. The lowest BCUT2D eigenvalue weighted by Gasteiger charge is -2.11. The van der Waals surface area contributed by atoms with Gasteiger partial charge in [0.2, 0.25) is 0 Å². The van der Waals surface area contributed by atoms with E-state index in [-0.39, 0.29) is 19.4 Å². The number of aliphatic imine (C=N–C) groups is 1. The predicted molar refractivity (Wildman–Crippen MR) is 126 cm³/mol. The van der Waals surface area contributed by atoms with Crippen LogP contribution in [0.2, 0.25) is 5.02 Å². The van der Waals surface area contributed by atoms with E-state index in [0.717, 1.165) is 5.56 Å². The van der Waals surface area contributed by atoms with Crippen molar-refractivity contribution in [2.24, 2.45) is 15.2 Å². The van der Waals surface area contributed by atoms with E-state index in [4.69, 9.17) is 21.4 Å². The van der Waals surface area contributed by atoms with Gasteiger partial charge in [0.05, 0.1) is 18.9 Å². The zero-order valence-electron chi connectivity index (χ0n) is 15.9. The fraction of sp³-hybridized carbons (Fsp3) is 0.250. The monoisotopic (exact) mass is 531 g/mol. The third-order valence-electron chi connectivity index (χ3n) is 3.17. The second-order valence-electron chi connectivity index (χ2n) is 5.03. The molecule has 0 amide bonds. The number of halogens is 3. The average molecular weight is 534 g/mol. The van der Waals surface area contributed by atoms with Gasteiger partial charge in [-0.3, -0.25) is 4.99 Å². The summed E-state index contributed by atoms with van der Waals surface area (Å²) in [6, 6.07) is 7.43. The lowest BCUT2D eigenvalue weighted by atomic mass is 10.1. The SMILES string of the molecule is C=C/C=C(\C=C(\Br)CO)C(=C/N=C)/N=NCOC(C)c1ccc(Cl)cc1.CBr. The van der Waals surface area contributed by atoms with Crippen LogP contribution in [0.4, 0.5) is 0 Å². The van der Waals surface area contributed by atoms with Crippen LogP contribution in [0, 0.1) is 0 Å². The van der Waals surface area contributed by atoms with E-state index >= 15 is 0 Å². The maximum atomic E-state index is 9.16. The number of hydrogen-bond donors (Lipinski definition) is 1. The highest BCUT2D eigenvalue weighted by Gasteiger charge is 2.06. The summed E-state index contributed by atoms with van der Waals surface area (Å²) in [5.41, 5.74) is 2.13. The second kappa shape index (κ2) is 16.6. The summed E-state index contributed by atoms with van der Waals surface area (Å²) in [7, 11) is 0. The summed E-state index contributed by atoms with van der Waals surface area (Å²) in [6.45, 7) is 8.97. The van der Waals surface area contributed by atoms with Crippen LogP contribution in [0.15, 0.2) is 86.2 Å². The largest absolute Gasteiger partial charge is 0.391 e. The Morgan fingerprint density at radius 3 is 2.50 bits per heavy atom. The summed E-state index contributed by atoms with van der Waals surface area (Å²) < 4.78 is 6.24. The number of benzene rings is 1. The van der Waals surface area contributed by atoms with Gasteiger partial charge in [-0.25, -0.2) is 0 Å². The van der Waals surface area contributed by atoms with Gasteiger partial charge in [-0.15, -0.1) is 0 Å². The molecule has 0 saturated carbocycles. The third-order valence-corrected chi connectivity index (χ3v) is 3.90. The number of aliphatic hydroxyl groups is 1. The molecule has 0 aromatic heterocycles. The first kappa shape index (κ1) is 26.6. The molecule has 1 aromatic carbocycles. The van der Waals surface area contributed by atoms with Crippen molar-refractivity contribution in [2.75, 3.05) is 19.2 Å². The minimum Gasteiger partial charge on any atom is -0.391 e. The molecule has 1 rings (SSSR count). The first-order valence-corrected chi connectivity index (χ1v) is 10.9. The molecule has 0 aliphatic heterocycles. The normalized spacial score (nSPS) is 13.7. The van der Waals surface area contributed by atoms with Crippen molar-refractivity contribution >= 4 is 50.2 Å². The van der Waals surface area contributed by atoms with Crippen LogP contribution in [0.1, 0.15) is 18.6 Å². The van der Waals surface area contributed by atoms with E-state index in [1.165, 1.54) is 6.20 Å². The van der Waals surface area contributed by atoms with Gasteiger partial charge in [0, 0.05) is 15.1 Å². The molecule has 0 bridgehead atoms. The smallest absolute Gasteiger partial charge is 0.159 e. The average Bonchev–Trinajstić information content (AvgIpc) is 2.71. The van der Waals surface area contributed by atoms with Crippen LogP contribution in [-0.2, 0) is 4.74 Å². The summed E-state index contributed by atoms with van der Waals surface area (Å²) in [5.74, 6) is 1.81. The first-order chi connectivity index (χ1) is 13.5. The van der Waals surface area contributed by atoms with E-state index in [1.807, 2.05) is 37.0 Å². The van der Waals surface area contributed by atoms with Gasteiger partial charge in [-0.05, 0) is 43.2 Å². The molecule has 0 aliphatic rings. The number of alkyl halides is 1. The Kier molecular flexibility index (Phi) is 15.7. The van der Waals surface area contributed by atoms with E-state index in [9.17, 15) is 0 Å². The Bertz CT molecular complexity index is 729. The second-order valence-corrected chi connectivity index (χ2v) is 6.49. The van der Waals surface area contributed by atoms with E-state index in [1.54, 1.807) is 18.2 Å². The molecule has 1 unspecified atom stereocenters. The van der Waals surface area contributed by atoms with Crippen molar-refractivity contribution < 1.29 is 9.84 Å². The molecule has 0 fully saturated rings. The lowest BCUT2D eigenvalue weighted by molar-refractivity contribution is 0.0688. The molecule has 1 aromatic rings. The Labute approximate surface area is 188 Å². The topological polar surface area (TPSA) is 66.5 Å². The number of rotatable bonds is 10. The number of allylic oxidation sites excluding steroid dienone is 3. The minimum atomic E-state index is -0.150. The predicted octanol–water partition coefficient (Wildman–Crippen LogP) is 6.76. The van der Waals surface area contributed by atoms with Gasteiger partial charge in [-0.1, -0.05) is 74.3 Å². The van der Waals surface area contributed by atoms with Crippen LogP contribution in [-0.4, -0.2) is 31.0 Å². The molecule has 0 aliphatic carbocycles. The fourth-order valence-electron chi connectivity index (χ4n) is 1.87. The van der Waals surface area contributed by atoms with Gasteiger partial charge in [-0.2, -0.15) is 10.2 Å². The first-order valence-electron chi connectivity index (χ1n) is 8.10. The Balaban J connectivity index is 0.00000352. The van der Waals surface area contributed by atoms with E-state index < -0.39 is 0 Å². The highest BCUT2D eigenvalue weighted by Crippen LogP contribution is 2.21. The van der Waals surface area contributed by atoms with E-state index in [2.05, 4.69) is 60.4 Å². The molecule has 28 heavy (non-hydrogen) atoms. The van der Waals surface area contributed by atoms with Crippen molar-refractivity contribution in [1.82, 2.24) is 0 Å². The van der Waals surface area contributed by atoms with Gasteiger partial charge < -0.3 is 9.84 Å². The zero-order valence-corrected chi connectivity index (χ0v) is 19.8. The van der Waals surface area contributed by atoms with Crippen molar-refractivity contribution in [3.8, 4) is 0 Å². The maximum Gasteiger partial charge on any atom is 0.159 e. The molecule has 5 nitrogen and oxygen atoms in total. The van der Waals surface area contributed by atoms with E-state index in [0.29, 0.717) is 20.8 Å². The van der Waals surface area contributed by atoms with Crippen LogP contribution in [0.25, 0.3) is 0 Å². The Morgan fingerprint density at radius 1 is 1.32 bits per heavy atom. The van der Waals surface area contributed by atoms with Crippen molar-refractivity contribution in [3.05, 3.63) is 81.6 Å². The standard InChI is InChI=1S/C19H21BrClN3O2.CH3Br/c1-4-5-16(10-17(20)12-25)19(11-22-3)24-23-13-26-14(2)15-6-8-18(21)9-7-15;1-2/h4-11,14,25H,1,3,12-13H2,2H3;1H3/b16-5+,17-10+,19-11-,24-23?;. The minimum absolute atomic E-state index is 0.0739. The fourth-order valence-corrected chi connectivity index (χ4v) is 2.25. The summed E-state index contributed by atoms with van der Waals surface area (Å²) in [5, 5.41) is 18.0. The number of hydrogen-bond acceptors (Lipinski definition) is 5. The van der Waals surface area contributed by atoms with Gasteiger partial charge in [0.1, 0.15) is 5.70 Å². The number of aliphatic hydroxyl groups excluding tert-OH is 1. The maximum absolute atomic E-state index is 9.16. The van der Waals surface area contributed by atoms with Crippen LogP contribution in [0.5, 0.6) is 0 Å². The van der Waals surface area contributed by atoms with Crippen molar-refractivity contribution in [2.45, 2.75) is 13.0 Å². The van der Waals surface area contributed by atoms with Gasteiger partial charge >= 0.3 is 0 Å². The van der Waals surface area contributed by atoms with Crippen LogP contribution >= 0.6 is 43.5 Å². The molecule has 0 radical (unpaired) electrons. The van der Waals surface area contributed by atoms with Crippen molar-refractivity contribution in [1.29, 1.82) is 0 Å². The Morgan fingerprint density at radius 2 is 1.96 bits per heavy atom. The van der Waals surface area contributed by atoms with Gasteiger partial charge in [0.25, 0.3) is 0 Å². The number of ether oxygens (including phenoxy) is 1. The Hall–Kier alpha value is -1.38. The molecule has 8 heteroatoms. The summed E-state index contributed by atoms with van der Waals surface area (Å²) in [4.78, 5) is 3.74. The third kappa shape index (κ3) is 10.8. The lowest BCUT2D eigenvalue weighted by Crippen LogP contribution is -1.99. The van der Waals surface area contributed by atoms with Gasteiger partial charge in [0.15, 0.2) is 6.73 Å². The van der Waals surface area contributed by atoms with Crippen LogP contribution in [0.3, 0.4) is 0 Å². The molecular weight excluding hydrogens is 510 g/mol. The highest BCUT2D eigenvalue weighted by atomic mass is 79.9. The molecule has 152 valence electrons. The van der Waals surface area contributed by atoms with Crippen LogP contribution < -0.4 is 0 Å². The number of azo groups is 1. The highest BCUT2D eigenvalue weighted by molar-refractivity contribution is 9.11. The molecule has 0 spiro atoms. The summed E-state index contributed by atoms with van der Waals surface area (Å²) in [6.07, 6.45) is 6.35.